The fraction of sp³-hybridized carbons (Fsp3) is 0.600. The van der Waals surface area contributed by atoms with Gasteiger partial charge in [0.2, 0.25) is 0 Å². The Kier molecular flexibility index (Phi) is 3.28. The highest BCUT2D eigenvalue weighted by atomic mass is 19.3. The monoisotopic (exact) mass is 173 g/mol. The van der Waals surface area contributed by atoms with Crippen LogP contribution in [-0.2, 0) is 9.53 Å². The summed E-state index contributed by atoms with van der Waals surface area (Å²) in [5, 5.41) is 0. The van der Waals surface area contributed by atoms with Crippen molar-refractivity contribution in [3.63, 3.8) is 0 Å². The van der Waals surface area contributed by atoms with E-state index in [-0.39, 0.29) is 0 Å². The van der Waals surface area contributed by atoms with Crippen molar-refractivity contribution in [2.75, 3.05) is 0 Å². The van der Waals surface area contributed by atoms with E-state index >= 15 is 0 Å². The van der Waals surface area contributed by atoms with Gasteiger partial charge in [-0.25, -0.2) is 0 Å². The number of rotatable bonds is 3. The van der Waals surface area contributed by atoms with Crippen LogP contribution in [0.15, 0.2) is 0 Å². The first kappa shape index (κ1) is 10.2. The van der Waals surface area contributed by atoms with Gasteiger partial charge in [-0.2, -0.15) is 17.6 Å². The molecule has 0 aliphatic heterocycles. The molecule has 0 aliphatic carbocycles. The van der Waals surface area contributed by atoms with E-state index in [1.54, 1.807) is 0 Å². The van der Waals surface area contributed by atoms with Gasteiger partial charge in [0.05, 0.1) is 0 Å². The van der Waals surface area contributed by atoms with E-state index in [1.807, 2.05) is 0 Å². The van der Waals surface area contributed by atoms with Crippen molar-refractivity contribution in [3.8, 4) is 0 Å². The van der Waals surface area contributed by atoms with E-state index in [4.69, 9.17) is 0 Å². The van der Waals surface area contributed by atoms with Crippen molar-refractivity contribution >= 4 is 5.97 Å². The molecule has 0 rings (SSSR count). The standard InChI is InChI=1S/C5H5F4O2/c1-2-3(10)11-5(8,9)4(6)7/h4H,1-2H2. The van der Waals surface area contributed by atoms with Crippen LogP contribution in [0.3, 0.4) is 0 Å². The van der Waals surface area contributed by atoms with Crippen LogP contribution in [0.5, 0.6) is 0 Å². The zero-order valence-corrected chi connectivity index (χ0v) is 5.32. The Morgan fingerprint density at radius 3 is 2.27 bits per heavy atom. The van der Waals surface area contributed by atoms with Crippen molar-refractivity contribution in [1.29, 1.82) is 0 Å². The number of hydrogen-bond donors (Lipinski definition) is 0. The van der Waals surface area contributed by atoms with Crippen molar-refractivity contribution in [3.05, 3.63) is 6.92 Å². The van der Waals surface area contributed by atoms with Gasteiger partial charge < -0.3 is 4.74 Å². The van der Waals surface area contributed by atoms with Gasteiger partial charge in [-0.15, -0.1) is 0 Å². The molecule has 0 aromatic rings. The second-order valence-corrected chi connectivity index (χ2v) is 1.59. The maximum atomic E-state index is 11.8. The average molecular weight is 173 g/mol. The van der Waals surface area contributed by atoms with Gasteiger partial charge in [0.1, 0.15) is 0 Å². The highest BCUT2D eigenvalue weighted by Gasteiger charge is 2.45. The van der Waals surface area contributed by atoms with Crippen LogP contribution in [0.1, 0.15) is 6.42 Å². The molecule has 0 fully saturated rings. The molecular formula is C5H5F4O2. The number of carbonyl (C=O) groups excluding carboxylic acids is 1. The molecule has 65 valence electrons. The summed E-state index contributed by atoms with van der Waals surface area (Å²) in [5.74, 6) is -1.46. The lowest BCUT2D eigenvalue weighted by Gasteiger charge is -2.14. The Balaban J connectivity index is 4.01. The maximum absolute atomic E-state index is 11.8. The summed E-state index contributed by atoms with van der Waals surface area (Å²) in [6.07, 6.45) is -9.31. The molecule has 0 N–H and O–H groups in total. The third-order valence-electron chi connectivity index (χ3n) is 0.708. The van der Waals surface area contributed by atoms with Crippen LogP contribution in [0.25, 0.3) is 0 Å². The molecule has 0 aromatic carbocycles. The van der Waals surface area contributed by atoms with Crippen LogP contribution in [0, 0.1) is 6.92 Å². The van der Waals surface area contributed by atoms with Gasteiger partial charge in [-0.3, -0.25) is 4.79 Å². The van der Waals surface area contributed by atoms with E-state index in [2.05, 4.69) is 11.7 Å². The van der Waals surface area contributed by atoms with E-state index < -0.39 is 24.9 Å². The second-order valence-electron chi connectivity index (χ2n) is 1.59. The van der Waals surface area contributed by atoms with E-state index in [0.717, 1.165) is 0 Å². The van der Waals surface area contributed by atoms with Gasteiger partial charge in [0.15, 0.2) is 0 Å². The van der Waals surface area contributed by atoms with Crippen LogP contribution < -0.4 is 0 Å². The molecule has 1 radical (unpaired) electrons. The predicted molar refractivity (Wildman–Crippen MR) is 27.0 cm³/mol. The SMILES string of the molecule is [CH2]CC(=O)OC(F)(F)C(F)F. The zero-order chi connectivity index (χ0) is 9.07. The Bertz CT molecular complexity index is 145. The Morgan fingerprint density at radius 1 is 1.55 bits per heavy atom. The normalized spacial score (nSPS) is 11.8. The van der Waals surface area contributed by atoms with Gasteiger partial charge in [0.25, 0.3) is 0 Å². The Hall–Kier alpha value is -0.810. The summed E-state index contributed by atoms with van der Waals surface area (Å²) in [4.78, 5) is 10.0. The van der Waals surface area contributed by atoms with Gasteiger partial charge in [-0.05, 0) is 6.92 Å². The van der Waals surface area contributed by atoms with Gasteiger partial charge in [0, 0.05) is 6.42 Å². The first-order valence-electron chi connectivity index (χ1n) is 2.57. The summed E-state index contributed by atoms with van der Waals surface area (Å²) < 4.78 is 49.1. The van der Waals surface area contributed by atoms with E-state index in [9.17, 15) is 22.4 Å². The van der Waals surface area contributed by atoms with Gasteiger partial charge >= 0.3 is 18.5 Å². The molecular weight excluding hydrogens is 168 g/mol. The highest BCUT2D eigenvalue weighted by Crippen LogP contribution is 2.24. The molecule has 0 amide bonds. The first-order chi connectivity index (χ1) is 4.90. The first-order valence-corrected chi connectivity index (χ1v) is 2.57. The third kappa shape index (κ3) is 3.20. The topological polar surface area (TPSA) is 26.3 Å². The number of halogens is 4. The molecule has 11 heavy (non-hydrogen) atoms. The quantitative estimate of drug-likeness (QED) is 0.478. The number of hydrogen-bond acceptors (Lipinski definition) is 2. The summed E-state index contributed by atoms with van der Waals surface area (Å²) in [5.41, 5.74) is 0. The summed E-state index contributed by atoms with van der Waals surface area (Å²) >= 11 is 0. The van der Waals surface area contributed by atoms with Crippen molar-refractivity contribution in [2.24, 2.45) is 0 Å². The van der Waals surface area contributed by atoms with Crippen LogP contribution in [0.2, 0.25) is 0 Å². The molecule has 0 heterocycles. The Morgan fingerprint density at radius 2 is 2.00 bits per heavy atom. The molecule has 0 bridgehead atoms. The lowest BCUT2D eigenvalue weighted by molar-refractivity contribution is -0.284. The minimum Gasteiger partial charge on any atom is -0.396 e. The molecule has 0 unspecified atom stereocenters. The fourth-order valence-electron chi connectivity index (χ4n) is 0.247. The van der Waals surface area contributed by atoms with Crippen molar-refractivity contribution in [2.45, 2.75) is 19.0 Å². The average Bonchev–Trinajstić information content (AvgIpc) is 1.86. The number of carbonyl (C=O) groups is 1. The van der Waals surface area contributed by atoms with E-state index in [1.165, 1.54) is 0 Å². The predicted octanol–water partition coefficient (Wildman–Crippen LogP) is 1.61. The lowest BCUT2D eigenvalue weighted by Crippen LogP contribution is -2.32. The zero-order valence-electron chi connectivity index (χ0n) is 5.32. The van der Waals surface area contributed by atoms with Crippen LogP contribution in [0.4, 0.5) is 17.6 Å². The minimum absolute atomic E-state index is 0.609. The molecule has 0 aliphatic rings. The maximum Gasteiger partial charge on any atom is 0.463 e. The van der Waals surface area contributed by atoms with Crippen molar-refractivity contribution in [1.82, 2.24) is 0 Å². The summed E-state index contributed by atoms with van der Waals surface area (Å²) in [6.45, 7) is 2.88. The molecule has 0 saturated carbocycles. The van der Waals surface area contributed by atoms with Gasteiger partial charge in [-0.1, -0.05) is 0 Å². The highest BCUT2D eigenvalue weighted by molar-refractivity contribution is 5.70. The smallest absolute Gasteiger partial charge is 0.396 e. The molecule has 2 nitrogen and oxygen atoms in total. The molecule has 0 atom stereocenters. The van der Waals surface area contributed by atoms with Crippen molar-refractivity contribution < 1.29 is 27.1 Å². The molecule has 6 heteroatoms. The summed E-state index contributed by atoms with van der Waals surface area (Å²) in [6, 6.07) is 0. The molecule has 0 saturated heterocycles. The number of ether oxygens (including phenoxy) is 1. The van der Waals surface area contributed by atoms with E-state index in [0.29, 0.717) is 0 Å². The lowest BCUT2D eigenvalue weighted by atomic mass is 10.5. The fourth-order valence-corrected chi connectivity index (χ4v) is 0.247. The summed E-state index contributed by atoms with van der Waals surface area (Å²) in [7, 11) is 0. The number of esters is 1. The van der Waals surface area contributed by atoms with Crippen LogP contribution >= 0.6 is 0 Å². The largest absolute Gasteiger partial charge is 0.463 e. The molecule has 0 spiro atoms. The van der Waals surface area contributed by atoms with Crippen LogP contribution in [-0.4, -0.2) is 18.5 Å². The molecule has 0 aromatic heterocycles. The Labute approximate surface area is 60.1 Å². The second kappa shape index (κ2) is 3.54. The minimum atomic E-state index is -4.70. The third-order valence-corrected chi connectivity index (χ3v) is 0.708. The number of alkyl halides is 4.